The monoisotopic (exact) mass is 263 g/mol. The topological polar surface area (TPSA) is 21.6 Å². The average molecular weight is 264 g/mol. The van der Waals surface area contributed by atoms with E-state index in [1.54, 1.807) is 24.3 Å². The molecule has 0 saturated heterocycles. The molecular weight excluding hydrogens is 253 g/mol. The second-order valence-electron chi connectivity index (χ2n) is 3.69. The minimum absolute atomic E-state index is 0.269. The van der Waals surface area contributed by atoms with E-state index in [0.717, 1.165) is 11.1 Å². The van der Waals surface area contributed by atoms with E-state index in [2.05, 4.69) is 5.16 Å². The van der Waals surface area contributed by atoms with Gasteiger partial charge in [0, 0.05) is 5.02 Å². The summed E-state index contributed by atoms with van der Waals surface area (Å²) < 4.78 is 12.6. The molecule has 0 aromatic heterocycles. The average Bonchev–Trinajstić information content (AvgIpc) is 2.39. The lowest BCUT2D eigenvalue weighted by Crippen LogP contribution is -1.88. The number of hydrogen-bond acceptors (Lipinski definition) is 2. The molecular formula is C14H11ClFNO. The Morgan fingerprint density at radius 2 is 1.72 bits per heavy atom. The number of halogens is 2. The number of nitrogens with zero attached hydrogens (tertiary/aromatic N) is 1. The Morgan fingerprint density at radius 3 is 2.39 bits per heavy atom. The summed E-state index contributed by atoms with van der Waals surface area (Å²) >= 11 is 5.76. The van der Waals surface area contributed by atoms with Gasteiger partial charge in [0.2, 0.25) is 0 Å². The Labute approximate surface area is 110 Å². The summed E-state index contributed by atoms with van der Waals surface area (Å²) in [4.78, 5) is 5.13. The van der Waals surface area contributed by atoms with Gasteiger partial charge in [0.15, 0.2) is 0 Å². The summed E-state index contributed by atoms with van der Waals surface area (Å²) in [5, 5.41) is 4.50. The first-order valence-corrected chi connectivity index (χ1v) is 5.77. The van der Waals surface area contributed by atoms with Crippen molar-refractivity contribution >= 4 is 17.8 Å². The maximum atomic E-state index is 12.6. The Bertz CT molecular complexity index is 522. The Morgan fingerprint density at radius 1 is 1.06 bits per heavy atom. The maximum Gasteiger partial charge on any atom is 0.142 e. The van der Waals surface area contributed by atoms with Gasteiger partial charge in [-0.15, -0.1) is 0 Å². The summed E-state index contributed by atoms with van der Waals surface area (Å²) in [5.41, 5.74) is 1.77. The molecule has 0 atom stereocenters. The van der Waals surface area contributed by atoms with Crippen LogP contribution in [0.15, 0.2) is 53.7 Å². The fraction of sp³-hybridized carbons (Fsp3) is 0.0714. The van der Waals surface area contributed by atoms with E-state index in [4.69, 9.17) is 16.4 Å². The highest BCUT2D eigenvalue weighted by Gasteiger charge is 1.93. The summed E-state index contributed by atoms with van der Waals surface area (Å²) in [6.45, 7) is 0.370. The molecule has 2 rings (SSSR count). The molecule has 4 heteroatoms. The van der Waals surface area contributed by atoms with Gasteiger partial charge >= 0.3 is 0 Å². The van der Waals surface area contributed by atoms with Crippen LogP contribution < -0.4 is 0 Å². The Hall–Kier alpha value is -1.87. The van der Waals surface area contributed by atoms with Crippen molar-refractivity contribution in [2.75, 3.05) is 0 Å². The molecule has 18 heavy (non-hydrogen) atoms. The highest BCUT2D eigenvalue weighted by molar-refractivity contribution is 6.30. The third-order valence-electron chi connectivity index (χ3n) is 2.29. The predicted molar refractivity (Wildman–Crippen MR) is 70.2 cm³/mol. The van der Waals surface area contributed by atoms with Crippen LogP contribution in [0.25, 0.3) is 0 Å². The van der Waals surface area contributed by atoms with Crippen molar-refractivity contribution in [1.29, 1.82) is 0 Å². The van der Waals surface area contributed by atoms with Crippen LogP contribution in [-0.2, 0) is 11.4 Å². The predicted octanol–water partition coefficient (Wildman–Crippen LogP) is 4.03. The number of oxime groups is 1. The van der Waals surface area contributed by atoms with Gasteiger partial charge in [-0.3, -0.25) is 0 Å². The third kappa shape index (κ3) is 3.86. The molecule has 0 spiro atoms. The van der Waals surface area contributed by atoms with Crippen LogP contribution >= 0.6 is 11.6 Å². The second kappa shape index (κ2) is 6.17. The molecule has 0 saturated carbocycles. The molecule has 2 aromatic rings. The molecule has 0 bridgehead atoms. The van der Waals surface area contributed by atoms with Crippen molar-refractivity contribution in [3.63, 3.8) is 0 Å². The molecule has 0 N–H and O–H groups in total. The van der Waals surface area contributed by atoms with Gasteiger partial charge in [-0.1, -0.05) is 41.0 Å². The van der Waals surface area contributed by atoms with E-state index < -0.39 is 0 Å². The third-order valence-corrected chi connectivity index (χ3v) is 2.54. The van der Waals surface area contributed by atoms with Gasteiger partial charge in [0.1, 0.15) is 12.4 Å². The molecule has 0 aliphatic rings. The fourth-order valence-electron chi connectivity index (χ4n) is 1.34. The summed E-state index contributed by atoms with van der Waals surface area (Å²) in [7, 11) is 0. The van der Waals surface area contributed by atoms with Crippen LogP contribution in [0.3, 0.4) is 0 Å². The van der Waals surface area contributed by atoms with Crippen molar-refractivity contribution in [3.8, 4) is 0 Å². The van der Waals surface area contributed by atoms with Crippen molar-refractivity contribution in [2.45, 2.75) is 6.61 Å². The van der Waals surface area contributed by atoms with Gasteiger partial charge in [0.05, 0.1) is 6.21 Å². The normalized spacial score (nSPS) is 10.8. The summed E-state index contributed by atoms with van der Waals surface area (Å²) in [6, 6.07) is 13.3. The maximum absolute atomic E-state index is 12.6. The van der Waals surface area contributed by atoms with Crippen LogP contribution in [0.4, 0.5) is 4.39 Å². The number of rotatable bonds is 4. The largest absolute Gasteiger partial charge is 0.391 e. The highest BCUT2D eigenvalue weighted by atomic mass is 35.5. The molecule has 0 aliphatic carbocycles. The first kappa shape index (κ1) is 12.6. The van der Waals surface area contributed by atoms with Crippen molar-refractivity contribution in [3.05, 3.63) is 70.5 Å². The minimum atomic E-state index is -0.269. The van der Waals surface area contributed by atoms with Gasteiger partial charge < -0.3 is 4.84 Å². The smallest absolute Gasteiger partial charge is 0.142 e. The first-order chi connectivity index (χ1) is 8.74. The molecule has 0 aliphatic heterocycles. The lowest BCUT2D eigenvalue weighted by Gasteiger charge is -1.99. The molecule has 0 heterocycles. The number of hydrogen-bond donors (Lipinski definition) is 0. The van der Waals surface area contributed by atoms with E-state index in [1.165, 1.54) is 18.3 Å². The minimum Gasteiger partial charge on any atom is -0.391 e. The first-order valence-electron chi connectivity index (χ1n) is 5.39. The summed E-state index contributed by atoms with van der Waals surface area (Å²) in [6.07, 6.45) is 1.54. The SMILES string of the molecule is Fc1ccc(C=NOCc2ccc(Cl)cc2)cc1. The Kier molecular flexibility index (Phi) is 4.31. The van der Waals surface area contributed by atoms with E-state index in [0.29, 0.717) is 11.6 Å². The summed E-state index contributed by atoms with van der Waals surface area (Å²) in [5.74, 6) is -0.269. The van der Waals surface area contributed by atoms with Crippen LogP contribution in [0.1, 0.15) is 11.1 Å². The highest BCUT2D eigenvalue weighted by Crippen LogP contribution is 2.10. The number of benzene rings is 2. The zero-order valence-corrected chi connectivity index (χ0v) is 10.3. The quantitative estimate of drug-likeness (QED) is 0.603. The molecule has 2 aromatic carbocycles. The lowest BCUT2D eigenvalue weighted by atomic mass is 10.2. The molecule has 0 unspecified atom stereocenters. The van der Waals surface area contributed by atoms with E-state index in [9.17, 15) is 4.39 Å². The van der Waals surface area contributed by atoms with Gasteiger partial charge in [-0.25, -0.2) is 4.39 Å². The van der Waals surface area contributed by atoms with Crippen LogP contribution in [0, 0.1) is 5.82 Å². The van der Waals surface area contributed by atoms with Crippen molar-refractivity contribution in [2.24, 2.45) is 5.16 Å². The van der Waals surface area contributed by atoms with E-state index in [1.807, 2.05) is 12.1 Å². The second-order valence-corrected chi connectivity index (χ2v) is 4.12. The van der Waals surface area contributed by atoms with E-state index in [-0.39, 0.29) is 5.82 Å². The van der Waals surface area contributed by atoms with Crippen molar-refractivity contribution in [1.82, 2.24) is 0 Å². The van der Waals surface area contributed by atoms with Crippen LogP contribution in [-0.4, -0.2) is 6.21 Å². The zero-order chi connectivity index (χ0) is 12.8. The standard InChI is InChI=1S/C14H11ClFNO/c15-13-5-1-12(2-6-13)10-18-17-9-11-3-7-14(16)8-4-11/h1-9H,10H2. The molecule has 0 amide bonds. The van der Waals surface area contributed by atoms with Crippen molar-refractivity contribution < 1.29 is 9.23 Å². The fourth-order valence-corrected chi connectivity index (χ4v) is 1.47. The lowest BCUT2D eigenvalue weighted by molar-refractivity contribution is 0.132. The van der Waals surface area contributed by atoms with E-state index >= 15 is 0 Å². The van der Waals surface area contributed by atoms with Crippen LogP contribution in [0.5, 0.6) is 0 Å². The van der Waals surface area contributed by atoms with Gasteiger partial charge in [-0.05, 0) is 35.4 Å². The Balaban J connectivity index is 1.84. The molecule has 0 radical (unpaired) electrons. The molecule has 2 nitrogen and oxygen atoms in total. The molecule has 0 fully saturated rings. The van der Waals surface area contributed by atoms with Gasteiger partial charge in [0.25, 0.3) is 0 Å². The van der Waals surface area contributed by atoms with Crippen LogP contribution in [0.2, 0.25) is 5.02 Å². The zero-order valence-electron chi connectivity index (χ0n) is 9.51. The van der Waals surface area contributed by atoms with Gasteiger partial charge in [-0.2, -0.15) is 0 Å². The molecule has 92 valence electrons.